The van der Waals surface area contributed by atoms with E-state index in [9.17, 15) is 0 Å². The molecule has 0 bridgehead atoms. The van der Waals surface area contributed by atoms with E-state index in [1.807, 2.05) is 7.05 Å². The lowest BCUT2D eigenvalue weighted by molar-refractivity contribution is 0.813. The van der Waals surface area contributed by atoms with Gasteiger partial charge >= 0.3 is 0 Å². The average Bonchev–Trinajstić information content (AvgIpc) is 2.09. The van der Waals surface area contributed by atoms with Crippen molar-refractivity contribution >= 4 is 27.7 Å². The molecule has 1 aromatic carbocycles. The first-order valence-electron chi connectivity index (χ1n) is 3.75. The topological polar surface area (TPSA) is 12.0 Å². The molecule has 0 saturated carbocycles. The van der Waals surface area contributed by atoms with Crippen LogP contribution in [0.15, 0.2) is 27.6 Å². The number of hydrogen-bond donors (Lipinski definition) is 1. The maximum absolute atomic E-state index is 3.54. The van der Waals surface area contributed by atoms with E-state index >= 15 is 0 Å². The van der Waals surface area contributed by atoms with Crippen LogP contribution in [0.2, 0.25) is 0 Å². The molecule has 1 aromatic rings. The van der Waals surface area contributed by atoms with E-state index < -0.39 is 0 Å². The monoisotopic (exact) mass is 245 g/mol. The van der Waals surface area contributed by atoms with Crippen LogP contribution in [0.1, 0.15) is 5.56 Å². The molecule has 1 nitrogen and oxygen atoms in total. The van der Waals surface area contributed by atoms with Crippen LogP contribution in [0.4, 0.5) is 0 Å². The molecule has 0 heterocycles. The molecule has 0 atom stereocenters. The fourth-order valence-electron chi connectivity index (χ4n) is 0.989. The quantitative estimate of drug-likeness (QED) is 0.823. The summed E-state index contributed by atoms with van der Waals surface area (Å²) >= 11 is 5.29. The number of rotatable bonds is 3. The van der Waals surface area contributed by atoms with Crippen molar-refractivity contribution in [3.63, 3.8) is 0 Å². The van der Waals surface area contributed by atoms with Crippen molar-refractivity contribution in [1.82, 2.24) is 5.32 Å². The third kappa shape index (κ3) is 2.51. The van der Waals surface area contributed by atoms with Crippen LogP contribution in [0.25, 0.3) is 0 Å². The number of thioether (sulfide) groups is 1. The average molecular weight is 246 g/mol. The third-order valence-corrected chi connectivity index (χ3v) is 3.09. The minimum absolute atomic E-state index is 0.912. The van der Waals surface area contributed by atoms with E-state index in [4.69, 9.17) is 0 Å². The van der Waals surface area contributed by atoms with Crippen LogP contribution >= 0.6 is 27.7 Å². The fourth-order valence-corrected chi connectivity index (χ4v) is 2.10. The predicted octanol–water partition coefficient (Wildman–Crippen LogP) is 2.89. The van der Waals surface area contributed by atoms with Crippen molar-refractivity contribution in [2.24, 2.45) is 0 Å². The van der Waals surface area contributed by atoms with Gasteiger partial charge in [-0.15, -0.1) is 11.8 Å². The van der Waals surface area contributed by atoms with Crippen molar-refractivity contribution in [2.75, 3.05) is 13.3 Å². The lowest BCUT2D eigenvalue weighted by Gasteiger charge is -2.04. The largest absolute Gasteiger partial charge is 0.316 e. The summed E-state index contributed by atoms with van der Waals surface area (Å²) in [7, 11) is 1.95. The van der Waals surface area contributed by atoms with E-state index in [2.05, 4.69) is 45.7 Å². The molecular weight excluding hydrogens is 234 g/mol. The molecule has 1 rings (SSSR count). The Kier molecular flexibility index (Phi) is 4.12. The Bertz CT molecular complexity index is 263. The Morgan fingerprint density at radius 3 is 2.75 bits per heavy atom. The van der Waals surface area contributed by atoms with Gasteiger partial charge in [0.15, 0.2) is 0 Å². The van der Waals surface area contributed by atoms with Gasteiger partial charge in [-0.05, 0) is 31.0 Å². The maximum Gasteiger partial charge on any atom is 0.0231 e. The van der Waals surface area contributed by atoms with Crippen LogP contribution in [0.5, 0.6) is 0 Å². The van der Waals surface area contributed by atoms with E-state index in [1.165, 1.54) is 14.9 Å². The van der Waals surface area contributed by atoms with Gasteiger partial charge in [0.05, 0.1) is 0 Å². The molecule has 0 aliphatic carbocycles. The van der Waals surface area contributed by atoms with Crippen LogP contribution in [-0.2, 0) is 6.54 Å². The Hall–Kier alpha value is 0.01000. The Morgan fingerprint density at radius 2 is 2.25 bits per heavy atom. The highest BCUT2D eigenvalue weighted by Gasteiger charge is 1.98. The third-order valence-electron chi connectivity index (χ3n) is 1.63. The second-order valence-electron chi connectivity index (χ2n) is 2.49. The number of nitrogens with one attached hydrogen (secondary N) is 1. The van der Waals surface area contributed by atoms with Crippen LogP contribution in [0.3, 0.4) is 0 Å². The van der Waals surface area contributed by atoms with Crippen LogP contribution in [0, 0.1) is 0 Å². The lowest BCUT2D eigenvalue weighted by Crippen LogP contribution is -2.05. The number of halogens is 1. The molecule has 0 aromatic heterocycles. The maximum atomic E-state index is 3.54. The van der Waals surface area contributed by atoms with E-state index in [1.54, 1.807) is 11.8 Å². The molecule has 3 heteroatoms. The lowest BCUT2D eigenvalue weighted by atomic mass is 10.2. The molecule has 0 spiro atoms. The minimum Gasteiger partial charge on any atom is -0.316 e. The van der Waals surface area contributed by atoms with Crippen molar-refractivity contribution in [3.8, 4) is 0 Å². The summed E-state index contributed by atoms with van der Waals surface area (Å²) in [6.07, 6.45) is 2.08. The molecule has 66 valence electrons. The normalized spacial score (nSPS) is 10.2. The Balaban J connectivity index is 2.87. The molecule has 0 fully saturated rings. The molecule has 0 aliphatic rings. The Morgan fingerprint density at radius 1 is 1.50 bits per heavy atom. The SMILES string of the molecule is CNCc1ccc(SC)cc1Br. The predicted molar refractivity (Wildman–Crippen MR) is 58.7 cm³/mol. The fraction of sp³-hybridized carbons (Fsp3) is 0.333. The summed E-state index contributed by atoms with van der Waals surface area (Å²) in [5.41, 5.74) is 1.30. The molecule has 0 amide bonds. The molecule has 0 aliphatic heterocycles. The van der Waals surface area contributed by atoms with Gasteiger partial charge in [-0.2, -0.15) is 0 Å². The van der Waals surface area contributed by atoms with Crippen molar-refractivity contribution in [3.05, 3.63) is 28.2 Å². The second-order valence-corrected chi connectivity index (χ2v) is 4.22. The molecule has 0 saturated heterocycles. The zero-order chi connectivity index (χ0) is 8.97. The summed E-state index contributed by atoms with van der Waals surface area (Å²) in [4.78, 5) is 1.29. The second kappa shape index (κ2) is 4.90. The number of hydrogen-bond acceptors (Lipinski definition) is 2. The van der Waals surface area contributed by atoms with Gasteiger partial charge in [0.2, 0.25) is 0 Å². The van der Waals surface area contributed by atoms with Gasteiger partial charge in [-0.1, -0.05) is 22.0 Å². The van der Waals surface area contributed by atoms with Gasteiger partial charge in [-0.25, -0.2) is 0 Å². The molecular formula is C9H12BrNS. The van der Waals surface area contributed by atoms with Gasteiger partial charge in [0.25, 0.3) is 0 Å². The highest BCUT2D eigenvalue weighted by Crippen LogP contribution is 2.23. The van der Waals surface area contributed by atoms with Crippen molar-refractivity contribution in [1.29, 1.82) is 0 Å². The number of benzene rings is 1. The van der Waals surface area contributed by atoms with E-state index in [0.29, 0.717) is 0 Å². The summed E-state index contributed by atoms with van der Waals surface area (Å²) in [6.45, 7) is 0.912. The summed E-state index contributed by atoms with van der Waals surface area (Å²) in [5.74, 6) is 0. The van der Waals surface area contributed by atoms with E-state index in [0.717, 1.165) is 6.54 Å². The zero-order valence-corrected chi connectivity index (χ0v) is 9.63. The summed E-state index contributed by atoms with van der Waals surface area (Å²) in [5, 5.41) is 3.13. The highest BCUT2D eigenvalue weighted by molar-refractivity contribution is 9.10. The van der Waals surface area contributed by atoms with Crippen molar-refractivity contribution < 1.29 is 0 Å². The molecule has 1 N–H and O–H groups in total. The zero-order valence-electron chi connectivity index (χ0n) is 7.23. The minimum atomic E-state index is 0.912. The summed E-state index contributed by atoms with van der Waals surface area (Å²) < 4.78 is 1.18. The first-order chi connectivity index (χ1) is 5.77. The molecule has 0 unspecified atom stereocenters. The Labute approximate surface area is 86.1 Å². The first-order valence-corrected chi connectivity index (χ1v) is 5.76. The van der Waals surface area contributed by atoms with Gasteiger partial charge in [0, 0.05) is 15.9 Å². The van der Waals surface area contributed by atoms with Gasteiger partial charge in [0.1, 0.15) is 0 Å². The van der Waals surface area contributed by atoms with Crippen molar-refractivity contribution in [2.45, 2.75) is 11.4 Å². The molecule has 0 radical (unpaired) electrons. The standard InChI is InChI=1S/C9H12BrNS/c1-11-6-7-3-4-8(12-2)5-9(7)10/h3-5,11H,6H2,1-2H3. The smallest absolute Gasteiger partial charge is 0.0231 e. The van der Waals surface area contributed by atoms with Gasteiger partial charge < -0.3 is 5.32 Å². The summed E-state index contributed by atoms with van der Waals surface area (Å²) in [6, 6.07) is 6.44. The van der Waals surface area contributed by atoms with Gasteiger partial charge in [-0.3, -0.25) is 0 Å². The first kappa shape index (κ1) is 10.1. The van der Waals surface area contributed by atoms with Crippen LogP contribution < -0.4 is 5.32 Å². The van der Waals surface area contributed by atoms with Crippen LogP contribution in [-0.4, -0.2) is 13.3 Å². The molecule has 12 heavy (non-hydrogen) atoms. The highest BCUT2D eigenvalue weighted by atomic mass is 79.9. The van der Waals surface area contributed by atoms with E-state index in [-0.39, 0.29) is 0 Å².